The van der Waals surface area contributed by atoms with Crippen LogP contribution in [0.4, 0.5) is 0 Å². The Morgan fingerprint density at radius 1 is 1.64 bits per heavy atom. The van der Waals surface area contributed by atoms with Crippen molar-refractivity contribution in [2.24, 2.45) is 0 Å². The van der Waals surface area contributed by atoms with E-state index in [1.165, 1.54) is 18.1 Å². The Balaban J connectivity index is 2.55. The van der Waals surface area contributed by atoms with Crippen molar-refractivity contribution in [1.29, 1.82) is 0 Å². The zero-order valence-electron chi connectivity index (χ0n) is 8.06. The molecule has 1 fully saturated rings. The van der Waals surface area contributed by atoms with Crippen LogP contribution in [0.5, 0.6) is 0 Å². The molecule has 14 heavy (non-hydrogen) atoms. The molecular formula is C9H13NO4. The summed E-state index contributed by atoms with van der Waals surface area (Å²) in [6, 6.07) is 0. The first-order chi connectivity index (χ1) is 6.69. The van der Waals surface area contributed by atoms with Gasteiger partial charge in [-0.2, -0.15) is 0 Å². The minimum atomic E-state index is -0.669. The molecule has 1 unspecified atom stereocenters. The molecule has 5 heteroatoms. The standard InChI is InChI=1S/C9H13NO4/c1-3-8(11)10-4-5-14-7(6-10)9(12)13-2/h3,7H,1,4-6H2,2H3. The lowest BCUT2D eigenvalue weighted by Crippen LogP contribution is -2.48. The van der Waals surface area contributed by atoms with E-state index in [1.54, 1.807) is 0 Å². The Kier molecular flexibility index (Phi) is 3.64. The summed E-state index contributed by atoms with van der Waals surface area (Å²) in [4.78, 5) is 23.8. The average molecular weight is 199 g/mol. The number of carbonyl (C=O) groups excluding carboxylic acids is 2. The summed E-state index contributed by atoms with van der Waals surface area (Å²) < 4.78 is 9.68. The number of carbonyl (C=O) groups is 2. The summed E-state index contributed by atoms with van der Waals surface area (Å²) in [5, 5.41) is 0. The van der Waals surface area contributed by atoms with Crippen LogP contribution in [0, 0.1) is 0 Å². The molecule has 1 amide bonds. The average Bonchev–Trinajstić information content (AvgIpc) is 2.27. The molecule has 1 saturated heterocycles. The molecule has 0 saturated carbocycles. The van der Waals surface area contributed by atoms with Crippen molar-refractivity contribution >= 4 is 11.9 Å². The number of hydrogen-bond donors (Lipinski definition) is 0. The van der Waals surface area contributed by atoms with Crippen LogP contribution < -0.4 is 0 Å². The molecule has 0 bridgehead atoms. The van der Waals surface area contributed by atoms with E-state index in [2.05, 4.69) is 11.3 Å². The predicted octanol–water partition coefficient (Wildman–Crippen LogP) is -0.427. The molecule has 1 aliphatic heterocycles. The molecule has 0 aromatic rings. The first kappa shape index (κ1) is 10.7. The van der Waals surface area contributed by atoms with Crippen molar-refractivity contribution in [2.45, 2.75) is 6.10 Å². The Labute approximate surface area is 82.3 Å². The van der Waals surface area contributed by atoms with Gasteiger partial charge < -0.3 is 14.4 Å². The van der Waals surface area contributed by atoms with Crippen molar-refractivity contribution < 1.29 is 19.1 Å². The van der Waals surface area contributed by atoms with Gasteiger partial charge in [-0.3, -0.25) is 4.79 Å². The van der Waals surface area contributed by atoms with Crippen LogP contribution in [0.3, 0.4) is 0 Å². The van der Waals surface area contributed by atoms with Crippen LogP contribution in [-0.2, 0) is 19.1 Å². The van der Waals surface area contributed by atoms with Gasteiger partial charge in [-0.1, -0.05) is 6.58 Å². The third kappa shape index (κ3) is 2.32. The number of rotatable bonds is 2. The molecule has 1 aliphatic rings. The Morgan fingerprint density at radius 3 is 2.93 bits per heavy atom. The minimum Gasteiger partial charge on any atom is -0.467 e. The second-order valence-corrected chi connectivity index (χ2v) is 2.87. The van der Waals surface area contributed by atoms with Crippen molar-refractivity contribution in [3.8, 4) is 0 Å². The number of esters is 1. The first-order valence-corrected chi connectivity index (χ1v) is 4.29. The molecular weight excluding hydrogens is 186 g/mol. The van der Waals surface area contributed by atoms with Gasteiger partial charge in [-0.15, -0.1) is 0 Å². The molecule has 5 nitrogen and oxygen atoms in total. The zero-order valence-corrected chi connectivity index (χ0v) is 8.06. The lowest BCUT2D eigenvalue weighted by atomic mass is 10.2. The number of hydrogen-bond acceptors (Lipinski definition) is 4. The van der Waals surface area contributed by atoms with Crippen LogP contribution in [0.25, 0.3) is 0 Å². The largest absolute Gasteiger partial charge is 0.467 e. The van der Waals surface area contributed by atoms with E-state index in [9.17, 15) is 9.59 Å². The van der Waals surface area contributed by atoms with Crippen LogP contribution in [0.2, 0.25) is 0 Å². The maximum atomic E-state index is 11.2. The molecule has 0 aromatic carbocycles. The van der Waals surface area contributed by atoms with Gasteiger partial charge in [0.2, 0.25) is 5.91 Å². The Bertz CT molecular complexity index is 251. The molecule has 0 spiro atoms. The van der Waals surface area contributed by atoms with Crippen LogP contribution in [-0.4, -0.2) is 49.7 Å². The van der Waals surface area contributed by atoms with Crippen LogP contribution >= 0.6 is 0 Å². The quantitative estimate of drug-likeness (QED) is 0.447. The maximum Gasteiger partial charge on any atom is 0.336 e. The number of methoxy groups -OCH3 is 1. The van der Waals surface area contributed by atoms with E-state index in [-0.39, 0.29) is 12.5 Å². The molecule has 0 N–H and O–H groups in total. The normalized spacial score (nSPS) is 21.5. The zero-order chi connectivity index (χ0) is 10.6. The van der Waals surface area contributed by atoms with E-state index < -0.39 is 12.1 Å². The number of amides is 1. The highest BCUT2D eigenvalue weighted by molar-refractivity contribution is 5.87. The minimum absolute atomic E-state index is 0.192. The number of ether oxygens (including phenoxy) is 2. The summed E-state index contributed by atoms with van der Waals surface area (Å²) in [5.74, 6) is -0.645. The molecule has 1 atom stereocenters. The monoisotopic (exact) mass is 199 g/mol. The van der Waals surface area contributed by atoms with Crippen molar-refractivity contribution in [1.82, 2.24) is 4.90 Å². The van der Waals surface area contributed by atoms with Gasteiger partial charge in [0.25, 0.3) is 0 Å². The van der Waals surface area contributed by atoms with Gasteiger partial charge in [-0.05, 0) is 6.08 Å². The maximum absolute atomic E-state index is 11.2. The van der Waals surface area contributed by atoms with Gasteiger partial charge in [0.1, 0.15) is 0 Å². The highest BCUT2D eigenvalue weighted by atomic mass is 16.6. The van der Waals surface area contributed by atoms with Gasteiger partial charge >= 0.3 is 5.97 Å². The van der Waals surface area contributed by atoms with Gasteiger partial charge in [0.05, 0.1) is 20.3 Å². The van der Waals surface area contributed by atoms with E-state index in [1.807, 2.05) is 0 Å². The van der Waals surface area contributed by atoms with Gasteiger partial charge in [-0.25, -0.2) is 4.79 Å². The first-order valence-electron chi connectivity index (χ1n) is 4.29. The second-order valence-electron chi connectivity index (χ2n) is 2.87. The second kappa shape index (κ2) is 4.76. The van der Waals surface area contributed by atoms with Crippen molar-refractivity contribution in [3.63, 3.8) is 0 Å². The van der Waals surface area contributed by atoms with Gasteiger partial charge in [0.15, 0.2) is 6.10 Å². The van der Waals surface area contributed by atoms with Gasteiger partial charge in [0, 0.05) is 6.54 Å². The highest BCUT2D eigenvalue weighted by Gasteiger charge is 2.28. The smallest absolute Gasteiger partial charge is 0.336 e. The fourth-order valence-electron chi connectivity index (χ4n) is 1.25. The predicted molar refractivity (Wildman–Crippen MR) is 48.5 cm³/mol. The third-order valence-corrected chi connectivity index (χ3v) is 2.02. The molecule has 78 valence electrons. The number of morpholine rings is 1. The Hall–Kier alpha value is -1.36. The molecule has 1 heterocycles. The fraction of sp³-hybridized carbons (Fsp3) is 0.556. The summed E-state index contributed by atoms with van der Waals surface area (Å²) in [6.45, 7) is 4.44. The van der Waals surface area contributed by atoms with Crippen molar-refractivity contribution in [3.05, 3.63) is 12.7 Å². The summed E-state index contributed by atoms with van der Waals surface area (Å²) in [7, 11) is 1.29. The van der Waals surface area contributed by atoms with E-state index in [4.69, 9.17) is 4.74 Å². The Morgan fingerprint density at radius 2 is 2.36 bits per heavy atom. The summed E-state index contributed by atoms with van der Waals surface area (Å²) in [6.07, 6.45) is 0.553. The lowest BCUT2D eigenvalue weighted by molar-refractivity contribution is -0.161. The van der Waals surface area contributed by atoms with Crippen molar-refractivity contribution in [2.75, 3.05) is 26.8 Å². The molecule has 0 aromatic heterocycles. The fourth-order valence-corrected chi connectivity index (χ4v) is 1.25. The summed E-state index contributed by atoms with van der Waals surface area (Å²) in [5.41, 5.74) is 0. The topological polar surface area (TPSA) is 55.8 Å². The molecule has 0 aliphatic carbocycles. The lowest BCUT2D eigenvalue weighted by Gasteiger charge is -2.30. The molecule has 0 radical (unpaired) electrons. The third-order valence-electron chi connectivity index (χ3n) is 2.02. The molecule has 1 rings (SSSR count). The summed E-state index contributed by atoms with van der Waals surface area (Å²) >= 11 is 0. The van der Waals surface area contributed by atoms with E-state index in [0.29, 0.717) is 13.2 Å². The van der Waals surface area contributed by atoms with Crippen LogP contribution in [0.15, 0.2) is 12.7 Å². The van der Waals surface area contributed by atoms with Crippen LogP contribution in [0.1, 0.15) is 0 Å². The SMILES string of the molecule is C=CC(=O)N1CCOC(C(=O)OC)C1. The highest BCUT2D eigenvalue weighted by Crippen LogP contribution is 2.06. The van der Waals surface area contributed by atoms with E-state index >= 15 is 0 Å². The van der Waals surface area contributed by atoms with E-state index in [0.717, 1.165) is 0 Å². The number of nitrogens with zero attached hydrogens (tertiary/aromatic N) is 1.